The van der Waals surface area contributed by atoms with Crippen molar-refractivity contribution in [2.24, 2.45) is 0 Å². The number of ether oxygens (including phenoxy) is 1. The number of amides is 1. The first kappa shape index (κ1) is 15.1. The molecule has 0 spiro atoms. The highest BCUT2D eigenvalue weighted by atomic mass is 35.5. The molecule has 0 aromatic heterocycles. The summed E-state index contributed by atoms with van der Waals surface area (Å²) in [6.45, 7) is 0.854. The van der Waals surface area contributed by atoms with E-state index in [1.807, 2.05) is 30.3 Å². The van der Waals surface area contributed by atoms with Gasteiger partial charge in [0.1, 0.15) is 12.4 Å². The zero-order chi connectivity index (χ0) is 14.9. The number of rotatable bonds is 6. The molecule has 4 heteroatoms. The maximum Gasteiger partial charge on any atom is 0.244 e. The Morgan fingerprint density at radius 3 is 2.52 bits per heavy atom. The summed E-state index contributed by atoms with van der Waals surface area (Å²) in [5.74, 6) is 0.590. The van der Waals surface area contributed by atoms with E-state index in [1.165, 1.54) is 6.08 Å². The maximum absolute atomic E-state index is 11.6. The second-order valence-corrected chi connectivity index (χ2v) is 4.77. The largest absolute Gasteiger partial charge is 0.492 e. The zero-order valence-electron chi connectivity index (χ0n) is 11.5. The molecule has 2 rings (SSSR count). The fourth-order valence-electron chi connectivity index (χ4n) is 1.67. The van der Waals surface area contributed by atoms with Crippen molar-refractivity contribution >= 4 is 23.6 Å². The fraction of sp³-hybridized carbons (Fsp3) is 0.118. The SMILES string of the molecule is O=C(/C=C/c1ccccc1)NCCOc1ccc(Cl)cc1. The summed E-state index contributed by atoms with van der Waals surface area (Å²) in [5, 5.41) is 3.43. The molecule has 0 radical (unpaired) electrons. The number of halogens is 1. The third kappa shape index (κ3) is 5.71. The Balaban J connectivity index is 1.67. The van der Waals surface area contributed by atoms with E-state index in [0.717, 1.165) is 11.3 Å². The van der Waals surface area contributed by atoms with Crippen molar-refractivity contribution in [2.75, 3.05) is 13.2 Å². The Morgan fingerprint density at radius 1 is 1.10 bits per heavy atom. The van der Waals surface area contributed by atoms with Crippen LogP contribution in [-0.2, 0) is 4.79 Å². The molecule has 0 aliphatic carbocycles. The van der Waals surface area contributed by atoms with Crippen LogP contribution in [0, 0.1) is 0 Å². The molecule has 108 valence electrons. The summed E-state index contributed by atoms with van der Waals surface area (Å²) in [6.07, 6.45) is 3.28. The molecule has 2 aromatic carbocycles. The summed E-state index contributed by atoms with van der Waals surface area (Å²) in [4.78, 5) is 11.6. The van der Waals surface area contributed by atoms with Gasteiger partial charge in [0.15, 0.2) is 0 Å². The lowest BCUT2D eigenvalue weighted by Gasteiger charge is -2.06. The molecular weight excluding hydrogens is 286 g/mol. The minimum atomic E-state index is -0.140. The van der Waals surface area contributed by atoms with Gasteiger partial charge in [-0.2, -0.15) is 0 Å². The van der Waals surface area contributed by atoms with Crippen LogP contribution in [0.25, 0.3) is 6.08 Å². The van der Waals surface area contributed by atoms with Crippen molar-refractivity contribution < 1.29 is 9.53 Å². The molecule has 0 aliphatic rings. The number of benzene rings is 2. The van der Waals surface area contributed by atoms with Gasteiger partial charge in [0, 0.05) is 11.1 Å². The van der Waals surface area contributed by atoms with E-state index in [4.69, 9.17) is 16.3 Å². The average molecular weight is 302 g/mol. The molecule has 0 saturated carbocycles. The second kappa shape index (κ2) is 8.12. The van der Waals surface area contributed by atoms with Crippen molar-refractivity contribution in [2.45, 2.75) is 0 Å². The van der Waals surface area contributed by atoms with Crippen molar-refractivity contribution in [1.29, 1.82) is 0 Å². The normalized spacial score (nSPS) is 10.5. The second-order valence-electron chi connectivity index (χ2n) is 4.34. The van der Waals surface area contributed by atoms with E-state index in [0.29, 0.717) is 18.2 Å². The van der Waals surface area contributed by atoms with Crippen LogP contribution in [0.4, 0.5) is 0 Å². The first-order valence-electron chi connectivity index (χ1n) is 6.63. The van der Waals surface area contributed by atoms with Gasteiger partial charge in [-0.3, -0.25) is 4.79 Å². The number of carbonyl (C=O) groups is 1. The van der Waals surface area contributed by atoms with Crippen LogP contribution in [0.1, 0.15) is 5.56 Å². The van der Waals surface area contributed by atoms with E-state index in [2.05, 4.69) is 5.32 Å². The first-order valence-corrected chi connectivity index (χ1v) is 7.01. The van der Waals surface area contributed by atoms with Gasteiger partial charge in [0.25, 0.3) is 0 Å². The Labute approximate surface area is 129 Å². The van der Waals surface area contributed by atoms with Crippen LogP contribution in [-0.4, -0.2) is 19.1 Å². The molecule has 0 aliphatic heterocycles. The van der Waals surface area contributed by atoms with Crippen LogP contribution >= 0.6 is 11.6 Å². The maximum atomic E-state index is 11.6. The summed E-state index contributed by atoms with van der Waals surface area (Å²) in [7, 11) is 0. The monoisotopic (exact) mass is 301 g/mol. The molecular formula is C17H16ClNO2. The van der Waals surface area contributed by atoms with Crippen molar-refractivity contribution in [3.8, 4) is 5.75 Å². The number of hydrogen-bond acceptors (Lipinski definition) is 2. The summed E-state index contributed by atoms with van der Waals surface area (Å²) in [5.41, 5.74) is 0.991. The van der Waals surface area contributed by atoms with Crippen LogP contribution in [0.2, 0.25) is 5.02 Å². The van der Waals surface area contributed by atoms with Crippen LogP contribution < -0.4 is 10.1 Å². The van der Waals surface area contributed by atoms with E-state index in [-0.39, 0.29) is 5.91 Å². The summed E-state index contributed by atoms with van der Waals surface area (Å²) < 4.78 is 5.48. The third-order valence-electron chi connectivity index (χ3n) is 2.71. The minimum absolute atomic E-state index is 0.140. The topological polar surface area (TPSA) is 38.3 Å². The van der Waals surface area contributed by atoms with Crippen LogP contribution in [0.3, 0.4) is 0 Å². The van der Waals surface area contributed by atoms with Crippen LogP contribution in [0.15, 0.2) is 60.7 Å². The van der Waals surface area contributed by atoms with Gasteiger partial charge in [-0.15, -0.1) is 0 Å². The van der Waals surface area contributed by atoms with E-state index >= 15 is 0 Å². The van der Waals surface area contributed by atoms with Crippen molar-refractivity contribution in [3.05, 3.63) is 71.3 Å². The van der Waals surface area contributed by atoms with Crippen molar-refractivity contribution in [1.82, 2.24) is 5.32 Å². The quantitative estimate of drug-likeness (QED) is 0.654. The lowest BCUT2D eigenvalue weighted by atomic mass is 10.2. The fourth-order valence-corrected chi connectivity index (χ4v) is 1.79. The van der Waals surface area contributed by atoms with Gasteiger partial charge in [0.2, 0.25) is 5.91 Å². The van der Waals surface area contributed by atoms with E-state index < -0.39 is 0 Å². The molecule has 0 heterocycles. The molecule has 21 heavy (non-hydrogen) atoms. The number of hydrogen-bond donors (Lipinski definition) is 1. The number of nitrogens with one attached hydrogen (secondary N) is 1. The standard InChI is InChI=1S/C17H16ClNO2/c18-15-7-9-16(10-8-15)21-13-12-19-17(20)11-6-14-4-2-1-3-5-14/h1-11H,12-13H2,(H,19,20)/b11-6+. The molecule has 0 atom stereocenters. The minimum Gasteiger partial charge on any atom is -0.492 e. The zero-order valence-corrected chi connectivity index (χ0v) is 12.2. The predicted octanol–water partition coefficient (Wildman–Crippen LogP) is 3.55. The lowest BCUT2D eigenvalue weighted by molar-refractivity contribution is -0.116. The Morgan fingerprint density at radius 2 is 1.81 bits per heavy atom. The van der Waals surface area contributed by atoms with Crippen molar-refractivity contribution in [3.63, 3.8) is 0 Å². The molecule has 2 aromatic rings. The Bertz CT molecular complexity index is 594. The first-order chi connectivity index (χ1) is 10.2. The summed E-state index contributed by atoms with van der Waals surface area (Å²) in [6, 6.07) is 16.8. The van der Waals surface area contributed by atoms with Gasteiger partial charge in [-0.05, 0) is 35.9 Å². The average Bonchev–Trinajstić information content (AvgIpc) is 2.52. The summed E-state index contributed by atoms with van der Waals surface area (Å²) >= 11 is 5.78. The lowest BCUT2D eigenvalue weighted by Crippen LogP contribution is -2.26. The predicted molar refractivity (Wildman–Crippen MR) is 85.4 cm³/mol. The molecule has 0 fully saturated rings. The highest BCUT2D eigenvalue weighted by molar-refractivity contribution is 6.30. The van der Waals surface area contributed by atoms with Gasteiger partial charge in [0.05, 0.1) is 6.54 Å². The van der Waals surface area contributed by atoms with E-state index in [1.54, 1.807) is 30.3 Å². The highest BCUT2D eigenvalue weighted by Gasteiger charge is 1.96. The molecule has 1 N–H and O–H groups in total. The van der Waals surface area contributed by atoms with Gasteiger partial charge < -0.3 is 10.1 Å². The Kier molecular flexibility index (Phi) is 5.85. The molecule has 3 nitrogen and oxygen atoms in total. The highest BCUT2D eigenvalue weighted by Crippen LogP contribution is 2.15. The Hall–Kier alpha value is -2.26. The van der Waals surface area contributed by atoms with E-state index in [9.17, 15) is 4.79 Å². The third-order valence-corrected chi connectivity index (χ3v) is 2.96. The molecule has 0 bridgehead atoms. The van der Waals surface area contributed by atoms with Gasteiger partial charge >= 0.3 is 0 Å². The van der Waals surface area contributed by atoms with Crippen LogP contribution in [0.5, 0.6) is 5.75 Å². The number of carbonyl (C=O) groups excluding carboxylic acids is 1. The molecule has 1 amide bonds. The molecule has 0 unspecified atom stereocenters. The smallest absolute Gasteiger partial charge is 0.244 e. The van der Waals surface area contributed by atoms with Gasteiger partial charge in [-0.25, -0.2) is 0 Å². The van der Waals surface area contributed by atoms with Gasteiger partial charge in [-0.1, -0.05) is 41.9 Å². The molecule has 0 saturated heterocycles.